The average molecular weight is 334 g/mol. The van der Waals surface area contributed by atoms with E-state index < -0.39 is 16.1 Å². The highest BCUT2D eigenvalue weighted by Crippen LogP contribution is 2.31. The molecule has 124 valence electrons. The Bertz CT molecular complexity index is 782. The minimum atomic E-state index is -3.68. The summed E-state index contributed by atoms with van der Waals surface area (Å²) < 4.78 is 27.9. The molecule has 1 aliphatic rings. The number of aliphatic hydroxyl groups excluding tert-OH is 1. The summed E-state index contributed by atoms with van der Waals surface area (Å²) in [7, 11) is -3.68. The van der Waals surface area contributed by atoms with Gasteiger partial charge in [0, 0.05) is 24.2 Å². The second-order valence-corrected chi connectivity index (χ2v) is 8.09. The maximum absolute atomic E-state index is 13.2. The maximum atomic E-state index is 13.2. The third-order valence-corrected chi connectivity index (χ3v) is 6.65. The standard InChI is InChI=1S/C17H22N2O3S/c1-13(12-20)19(11-14-5-2-6-14)23(21,22)17-9-3-8-16-15(17)7-4-10-18-16/h3-4,7-10,13-14,20H,2,5-6,11-12H2,1H3. The van der Waals surface area contributed by atoms with Crippen molar-refractivity contribution in [1.82, 2.24) is 9.29 Å². The van der Waals surface area contributed by atoms with Gasteiger partial charge in [0.1, 0.15) is 0 Å². The van der Waals surface area contributed by atoms with Crippen molar-refractivity contribution in [2.45, 2.75) is 37.1 Å². The Morgan fingerprint density at radius 3 is 2.74 bits per heavy atom. The second-order valence-electron chi connectivity index (χ2n) is 6.23. The fourth-order valence-corrected chi connectivity index (χ4v) is 4.86. The van der Waals surface area contributed by atoms with Gasteiger partial charge < -0.3 is 5.11 Å². The summed E-state index contributed by atoms with van der Waals surface area (Å²) in [6.45, 7) is 2.04. The van der Waals surface area contributed by atoms with Crippen LogP contribution in [-0.2, 0) is 10.0 Å². The highest BCUT2D eigenvalue weighted by Gasteiger charge is 2.33. The average Bonchev–Trinajstić information content (AvgIpc) is 2.52. The number of nitrogens with zero attached hydrogens (tertiary/aromatic N) is 2. The van der Waals surface area contributed by atoms with Crippen molar-refractivity contribution < 1.29 is 13.5 Å². The highest BCUT2D eigenvalue weighted by atomic mass is 32.2. The minimum absolute atomic E-state index is 0.186. The van der Waals surface area contributed by atoms with Crippen molar-refractivity contribution >= 4 is 20.9 Å². The maximum Gasteiger partial charge on any atom is 0.244 e. The minimum Gasteiger partial charge on any atom is -0.395 e. The molecule has 0 bridgehead atoms. The number of fused-ring (bicyclic) bond motifs is 1. The smallest absolute Gasteiger partial charge is 0.244 e. The third kappa shape index (κ3) is 3.11. The number of sulfonamides is 1. The zero-order valence-electron chi connectivity index (χ0n) is 13.2. The van der Waals surface area contributed by atoms with Crippen LogP contribution in [0.5, 0.6) is 0 Å². The van der Waals surface area contributed by atoms with Gasteiger partial charge in [-0.1, -0.05) is 12.5 Å². The molecule has 23 heavy (non-hydrogen) atoms. The van der Waals surface area contributed by atoms with E-state index in [1.807, 2.05) is 0 Å². The van der Waals surface area contributed by atoms with E-state index in [2.05, 4.69) is 4.98 Å². The van der Waals surface area contributed by atoms with Gasteiger partial charge in [0.05, 0.1) is 17.0 Å². The Morgan fingerprint density at radius 2 is 2.09 bits per heavy atom. The number of benzene rings is 1. The molecule has 1 heterocycles. The predicted octanol–water partition coefficient (Wildman–Crippen LogP) is 2.41. The van der Waals surface area contributed by atoms with Gasteiger partial charge in [0.15, 0.2) is 0 Å². The normalized spacial score (nSPS) is 17.3. The largest absolute Gasteiger partial charge is 0.395 e. The molecule has 0 spiro atoms. The lowest BCUT2D eigenvalue weighted by molar-refractivity contribution is 0.162. The van der Waals surface area contributed by atoms with E-state index in [1.54, 1.807) is 43.5 Å². The van der Waals surface area contributed by atoms with Crippen LogP contribution in [0, 0.1) is 5.92 Å². The predicted molar refractivity (Wildman–Crippen MR) is 89.5 cm³/mol. The highest BCUT2D eigenvalue weighted by molar-refractivity contribution is 7.89. The number of hydrogen-bond donors (Lipinski definition) is 1. The Morgan fingerprint density at radius 1 is 1.30 bits per heavy atom. The summed E-state index contributed by atoms with van der Waals surface area (Å²) in [5.41, 5.74) is 0.661. The fourth-order valence-electron chi connectivity index (χ4n) is 2.96. The summed E-state index contributed by atoms with van der Waals surface area (Å²) in [5, 5.41) is 10.1. The van der Waals surface area contributed by atoms with Gasteiger partial charge in [-0.2, -0.15) is 4.31 Å². The molecular formula is C17H22N2O3S. The Labute approximate surface area is 137 Å². The van der Waals surface area contributed by atoms with Gasteiger partial charge in [-0.3, -0.25) is 4.98 Å². The van der Waals surface area contributed by atoms with E-state index in [-0.39, 0.29) is 11.5 Å². The van der Waals surface area contributed by atoms with Crippen LogP contribution < -0.4 is 0 Å². The first-order valence-corrected chi connectivity index (χ1v) is 9.44. The molecule has 1 aliphatic carbocycles. The van der Waals surface area contributed by atoms with Crippen LogP contribution in [0.4, 0.5) is 0 Å². The second kappa shape index (κ2) is 6.55. The number of rotatable bonds is 6. The van der Waals surface area contributed by atoms with E-state index in [9.17, 15) is 13.5 Å². The molecule has 1 aromatic carbocycles. The van der Waals surface area contributed by atoms with Crippen LogP contribution in [0.1, 0.15) is 26.2 Å². The molecule has 6 heteroatoms. The SMILES string of the molecule is CC(CO)N(CC1CCC1)S(=O)(=O)c1cccc2ncccc12. The Kier molecular flexibility index (Phi) is 4.66. The molecule has 1 aromatic heterocycles. The van der Waals surface area contributed by atoms with Crippen LogP contribution in [0.25, 0.3) is 10.9 Å². The van der Waals surface area contributed by atoms with E-state index in [4.69, 9.17) is 0 Å². The van der Waals surface area contributed by atoms with Crippen LogP contribution in [-0.4, -0.2) is 42.0 Å². The van der Waals surface area contributed by atoms with Gasteiger partial charge in [-0.15, -0.1) is 0 Å². The van der Waals surface area contributed by atoms with E-state index in [1.165, 1.54) is 4.31 Å². The Balaban J connectivity index is 2.05. The summed E-state index contributed by atoms with van der Waals surface area (Å²) in [6.07, 6.45) is 4.92. The lowest BCUT2D eigenvalue weighted by Gasteiger charge is -2.34. The van der Waals surface area contributed by atoms with Crippen molar-refractivity contribution in [2.75, 3.05) is 13.2 Å². The number of hydrogen-bond acceptors (Lipinski definition) is 4. The van der Waals surface area contributed by atoms with Gasteiger partial charge in [0.25, 0.3) is 0 Å². The molecule has 2 aromatic rings. The molecule has 0 radical (unpaired) electrons. The van der Waals surface area contributed by atoms with Crippen molar-refractivity contribution in [3.8, 4) is 0 Å². The third-order valence-electron chi connectivity index (χ3n) is 4.61. The van der Waals surface area contributed by atoms with Crippen molar-refractivity contribution in [2.24, 2.45) is 5.92 Å². The van der Waals surface area contributed by atoms with Crippen molar-refractivity contribution in [1.29, 1.82) is 0 Å². The summed E-state index contributed by atoms with van der Waals surface area (Å²) in [6, 6.07) is 8.23. The van der Waals surface area contributed by atoms with E-state index >= 15 is 0 Å². The molecule has 0 amide bonds. The van der Waals surface area contributed by atoms with Crippen LogP contribution in [0.2, 0.25) is 0 Å². The van der Waals surface area contributed by atoms with Crippen molar-refractivity contribution in [3.63, 3.8) is 0 Å². The quantitative estimate of drug-likeness (QED) is 0.881. The van der Waals surface area contributed by atoms with Gasteiger partial charge >= 0.3 is 0 Å². The van der Waals surface area contributed by atoms with Crippen molar-refractivity contribution in [3.05, 3.63) is 36.5 Å². The van der Waals surface area contributed by atoms with Gasteiger partial charge in [0.2, 0.25) is 10.0 Å². The molecular weight excluding hydrogens is 312 g/mol. The summed E-state index contributed by atoms with van der Waals surface area (Å²) >= 11 is 0. The topological polar surface area (TPSA) is 70.5 Å². The molecule has 1 fully saturated rings. The molecule has 0 saturated heterocycles. The number of aliphatic hydroxyl groups is 1. The first-order valence-electron chi connectivity index (χ1n) is 8.00. The van der Waals surface area contributed by atoms with Crippen LogP contribution in [0.3, 0.4) is 0 Å². The van der Waals surface area contributed by atoms with Crippen LogP contribution in [0.15, 0.2) is 41.4 Å². The molecule has 1 unspecified atom stereocenters. The summed E-state index contributed by atoms with van der Waals surface area (Å²) in [4.78, 5) is 4.50. The fraction of sp³-hybridized carbons (Fsp3) is 0.471. The monoisotopic (exact) mass is 334 g/mol. The molecule has 3 rings (SSSR count). The molecule has 1 saturated carbocycles. The molecule has 0 aliphatic heterocycles. The lowest BCUT2D eigenvalue weighted by atomic mass is 9.85. The zero-order valence-corrected chi connectivity index (χ0v) is 14.0. The molecule has 1 N–H and O–H groups in total. The van der Waals surface area contributed by atoms with E-state index in [0.29, 0.717) is 23.4 Å². The molecule has 1 atom stereocenters. The van der Waals surface area contributed by atoms with E-state index in [0.717, 1.165) is 19.3 Å². The summed E-state index contributed by atoms with van der Waals surface area (Å²) in [5.74, 6) is 0.395. The van der Waals surface area contributed by atoms with Crippen LogP contribution >= 0.6 is 0 Å². The van der Waals surface area contributed by atoms with Gasteiger partial charge in [-0.25, -0.2) is 8.42 Å². The first-order chi connectivity index (χ1) is 11.0. The number of pyridine rings is 1. The lowest BCUT2D eigenvalue weighted by Crippen LogP contribution is -2.44. The Hall–Kier alpha value is -1.50. The van der Waals surface area contributed by atoms with Gasteiger partial charge in [-0.05, 0) is 49.9 Å². The molecule has 5 nitrogen and oxygen atoms in total. The number of aromatic nitrogens is 1. The zero-order chi connectivity index (χ0) is 16.4. The first kappa shape index (κ1) is 16.4.